The predicted octanol–water partition coefficient (Wildman–Crippen LogP) is 4.78. The highest BCUT2D eigenvalue weighted by Gasteiger charge is 2.31. The highest BCUT2D eigenvalue weighted by molar-refractivity contribution is 7.91. The maximum Gasteiger partial charge on any atom is 0.236 e. The van der Waals surface area contributed by atoms with Gasteiger partial charge in [0, 0.05) is 18.7 Å². The quantitative estimate of drug-likeness (QED) is 0.635. The van der Waals surface area contributed by atoms with Crippen molar-refractivity contribution < 1.29 is 12.8 Å². The third kappa shape index (κ3) is 3.56. The number of benzene rings is 2. The highest BCUT2D eigenvalue weighted by Crippen LogP contribution is 2.35. The summed E-state index contributed by atoms with van der Waals surface area (Å²) in [5, 5.41) is 0.00817. The van der Waals surface area contributed by atoms with Gasteiger partial charge in [0.2, 0.25) is 26.6 Å². The standard InChI is InChI=1S/C22H24N2O3S/c1-16-6-10-18(11-7-16)20-23-21(22(27-20)24-14-4-3-5-15-24)28(25,26)19-12-8-17(2)9-13-19/h6-13H,3-5,14-15H2,1-2H3. The van der Waals surface area contributed by atoms with Crippen molar-refractivity contribution in [2.75, 3.05) is 18.0 Å². The van der Waals surface area contributed by atoms with Crippen molar-refractivity contribution in [3.8, 4) is 11.5 Å². The lowest BCUT2D eigenvalue weighted by atomic mass is 10.1. The Balaban J connectivity index is 1.84. The molecular weight excluding hydrogens is 372 g/mol. The van der Waals surface area contributed by atoms with Crippen LogP contribution in [0.25, 0.3) is 11.5 Å². The molecule has 0 spiro atoms. The van der Waals surface area contributed by atoms with Gasteiger partial charge in [-0.15, -0.1) is 0 Å². The van der Waals surface area contributed by atoms with E-state index in [0.29, 0.717) is 11.8 Å². The second-order valence-electron chi connectivity index (χ2n) is 7.36. The molecule has 0 N–H and O–H groups in total. The van der Waals surface area contributed by atoms with Crippen LogP contribution in [0.5, 0.6) is 0 Å². The van der Waals surface area contributed by atoms with Gasteiger partial charge in [0.1, 0.15) is 0 Å². The number of anilines is 1. The van der Waals surface area contributed by atoms with Gasteiger partial charge in [0.25, 0.3) is 0 Å². The van der Waals surface area contributed by atoms with Gasteiger partial charge in [0.05, 0.1) is 4.90 Å². The number of aromatic nitrogens is 1. The molecule has 146 valence electrons. The second-order valence-corrected chi connectivity index (χ2v) is 9.22. The molecule has 1 fully saturated rings. The van der Waals surface area contributed by atoms with Crippen molar-refractivity contribution >= 4 is 15.7 Å². The number of hydrogen-bond donors (Lipinski definition) is 0. The van der Waals surface area contributed by atoms with Crippen molar-refractivity contribution in [3.05, 3.63) is 59.7 Å². The Bertz CT molecular complexity index is 1060. The molecule has 1 aromatic heterocycles. The van der Waals surface area contributed by atoms with Gasteiger partial charge in [-0.2, -0.15) is 4.98 Å². The molecule has 1 saturated heterocycles. The monoisotopic (exact) mass is 396 g/mol. The fourth-order valence-corrected chi connectivity index (χ4v) is 4.74. The third-order valence-electron chi connectivity index (χ3n) is 5.11. The Labute approximate surface area is 165 Å². The van der Waals surface area contributed by atoms with Crippen LogP contribution in [0.4, 0.5) is 5.88 Å². The first-order valence-corrected chi connectivity index (χ1v) is 11.1. The smallest absolute Gasteiger partial charge is 0.236 e. The number of nitrogens with zero attached hydrogens (tertiary/aromatic N) is 2. The molecule has 1 aliphatic heterocycles. The van der Waals surface area contributed by atoms with Crippen LogP contribution in [-0.2, 0) is 9.84 Å². The fourth-order valence-electron chi connectivity index (χ4n) is 3.42. The van der Waals surface area contributed by atoms with Gasteiger partial charge in [-0.3, -0.25) is 0 Å². The number of aryl methyl sites for hydroxylation is 2. The Morgan fingerprint density at radius 1 is 0.857 bits per heavy atom. The van der Waals surface area contributed by atoms with E-state index in [2.05, 4.69) is 4.98 Å². The minimum atomic E-state index is -3.78. The molecule has 0 saturated carbocycles. The predicted molar refractivity (Wildman–Crippen MR) is 109 cm³/mol. The van der Waals surface area contributed by atoms with Crippen LogP contribution in [0, 0.1) is 13.8 Å². The van der Waals surface area contributed by atoms with E-state index in [1.54, 1.807) is 24.3 Å². The molecule has 0 bridgehead atoms. The van der Waals surface area contributed by atoms with Crippen LogP contribution >= 0.6 is 0 Å². The van der Waals surface area contributed by atoms with Gasteiger partial charge < -0.3 is 9.32 Å². The SMILES string of the molecule is Cc1ccc(-c2nc(S(=O)(=O)c3ccc(C)cc3)c(N3CCCCC3)o2)cc1. The summed E-state index contributed by atoms with van der Waals surface area (Å²) in [5.41, 5.74) is 2.91. The summed E-state index contributed by atoms with van der Waals surface area (Å²) in [7, 11) is -3.78. The van der Waals surface area contributed by atoms with E-state index in [9.17, 15) is 8.42 Å². The van der Waals surface area contributed by atoms with Crippen LogP contribution in [-0.4, -0.2) is 26.5 Å². The van der Waals surface area contributed by atoms with E-state index < -0.39 is 9.84 Å². The van der Waals surface area contributed by atoms with Crippen molar-refractivity contribution in [2.24, 2.45) is 0 Å². The fraction of sp³-hybridized carbons (Fsp3) is 0.318. The minimum absolute atomic E-state index is 0.00817. The molecule has 0 amide bonds. The van der Waals surface area contributed by atoms with Crippen molar-refractivity contribution in [1.82, 2.24) is 4.98 Å². The molecule has 2 heterocycles. The summed E-state index contributed by atoms with van der Waals surface area (Å²) in [6.07, 6.45) is 3.19. The van der Waals surface area contributed by atoms with E-state index in [0.717, 1.165) is 49.0 Å². The van der Waals surface area contributed by atoms with Gasteiger partial charge in [0.15, 0.2) is 0 Å². The topological polar surface area (TPSA) is 63.4 Å². The third-order valence-corrected chi connectivity index (χ3v) is 6.77. The molecule has 0 radical (unpaired) electrons. The normalized spacial score (nSPS) is 15.0. The zero-order chi connectivity index (χ0) is 19.7. The van der Waals surface area contributed by atoms with Crippen LogP contribution < -0.4 is 4.90 Å². The largest absolute Gasteiger partial charge is 0.419 e. The number of rotatable bonds is 4. The summed E-state index contributed by atoms with van der Waals surface area (Å²) in [4.78, 5) is 6.70. The minimum Gasteiger partial charge on any atom is -0.419 e. The summed E-state index contributed by atoms with van der Waals surface area (Å²) in [5.74, 6) is 0.696. The van der Waals surface area contributed by atoms with Crippen LogP contribution in [0.2, 0.25) is 0 Å². The Morgan fingerprint density at radius 3 is 2.04 bits per heavy atom. The Morgan fingerprint density at radius 2 is 1.43 bits per heavy atom. The molecule has 4 rings (SSSR count). The lowest BCUT2D eigenvalue weighted by Gasteiger charge is -2.26. The number of sulfone groups is 1. The molecule has 3 aromatic rings. The molecule has 0 aliphatic carbocycles. The number of hydrogen-bond acceptors (Lipinski definition) is 5. The summed E-state index contributed by atoms with van der Waals surface area (Å²) in [6.45, 7) is 5.49. The maximum absolute atomic E-state index is 13.4. The van der Waals surface area contributed by atoms with E-state index in [1.807, 2.05) is 43.0 Å². The zero-order valence-corrected chi connectivity index (χ0v) is 17.0. The molecule has 2 aromatic carbocycles. The molecule has 28 heavy (non-hydrogen) atoms. The van der Waals surface area contributed by atoms with Crippen molar-refractivity contribution in [1.29, 1.82) is 0 Å². The first kappa shape index (κ1) is 18.7. The van der Waals surface area contributed by atoms with Crippen LogP contribution in [0.1, 0.15) is 30.4 Å². The first-order valence-electron chi connectivity index (χ1n) is 9.60. The highest BCUT2D eigenvalue weighted by atomic mass is 32.2. The average molecular weight is 397 g/mol. The summed E-state index contributed by atoms with van der Waals surface area (Å²) >= 11 is 0. The lowest BCUT2D eigenvalue weighted by Crippen LogP contribution is -2.30. The molecule has 6 heteroatoms. The van der Waals surface area contributed by atoms with Crippen LogP contribution in [0.3, 0.4) is 0 Å². The number of oxazole rings is 1. The van der Waals surface area contributed by atoms with Gasteiger partial charge in [-0.1, -0.05) is 35.4 Å². The van der Waals surface area contributed by atoms with E-state index in [-0.39, 0.29) is 9.92 Å². The van der Waals surface area contributed by atoms with E-state index >= 15 is 0 Å². The molecule has 1 aliphatic rings. The van der Waals surface area contributed by atoms with Gasteiger partial charge in [-0.25, -0.2) is 8.42 Å². The van der Waals surface area contributed by atoms with Crippen molar-refractivity contribution in [3.63, 3.8) is 0 Å². The van der Waals surface area contributed by atoms with E-state index in [4.69, 9.17) is 4.42 Å². The van der Waals surface area contributed by atoms with Crippen molar-refractivity contribution in [2.45, 2.75) is 43.0 Å². The lowest BCUT2D eigenvalue weighted by molar-refractivity contribution is 0.499. The van der Waals surface area contributed by atoms with Gasteiger partial charge >= 0.3 is 0 Å². The molecule has 0 atom stereocenters. The molecular formula is C22H24N2O3S. The van der Waals surface area contributed by atoms with Crippen LogP contribution in [0.15, 0.2) is 62.9 Å². The Kier molecular flexibility index (Phi) is 4.98. The Hall–Kier alpha value is -2.60. The maximum atomic E-state index is 13.4. The number of piperidine rings is 1. The van der Waals surface area contributed by atoms with Gasteiger partial charge in [-0.05, 0) is 57.4 Å². The summed E-state index contributed by atoms with van der Waals surface area (Å²) in [6, 6.07) is 14.6. The second kappa shape index (κ2) is 7.43. The zero-order valence-electron chi connectivity index (χ0n) is 16.2. The molecule has 5 nitrogen and oxygen atoms in total. The van der Waals surface area contributed by atoms with E-state index in [1.165, 1.54) is 0 Å². The summed E-state index contributed by atoms with van der Waals surface area (Å²) < 4.78 is 32.8. The first-order chi connectivity index (χ1) is 13.4. The average Bonchev–Trinajstić information content (AvgIpc) is 3.16. The molecule has 0 unspecified atom stereocenters.